The molecule has 0 saturated heterocycles. The molecule has 4 heteroatoms. The van der Waals surface area contributed by atoms with Crippen LogP contribution in [0.2, 0.25) is 13.1 Å². The van der Waals surface area contributed by atoms with Gasteiger partial charge in [-0.2, -0.15) is 0 Å². The molecule has 0 saturated carbocycles. The Balaban J connectivity index is 0.00000104. The molecule has 0 fully saturated rings. The van der Waals surface area contributed by atoms with E-state index in [2.05, 4.69) is 79.9 Å². The van der Waals surface area contributed by atoms with E-state index in [-0.39, 0.29) is 24.8 Å². The Morgan fingerprint density at radius 1 is 0.875 bits per heavy atom. The van der Waals surface area contributed by atoms with Gasteiger partial charge in [-0.05, 0) is 0 Å². The van der Waals surface area contributed by atoms with Gasteiger partial charge in [-0.1, -0.05) is 0 Å². The zero-order valence-corrected chi connectivity index (χ0v) is 18.2. The van der Waals surface area contributed by atoms with Crippen LogP contribution in [0.1, 0.15) is 21.8 Å². The van der Waals surface area contributed by atoms with Crippen LogP contribution < -0.4 is 24.8 Å². The molecule has 2 aromatic carbocycles. The fraction of sp³-hybridized carbons (Fsp3) is 0.200. The smallest absolute Gasteiger partial charge is 1.00 e. The molecule has 4 rings (SSSR count). The van der Waals surface area contributed by atoms with Crippen LogP contribution in [-0.4, -0.2) is 6.66 Å². The van der Waals surface area contributed by atoms with Gasteiger partial charge in [-0.15, -0.1) is 0 Å². The molecular weight excluding hydrogens is 387 g/mol. The van der Waals surface area contributed by atoms with Gasteiger partial charge in [-0.25, -0.2) is 0 Å². The van der Waals surface area contributed by atoms with E-state index in [1.54, 1.807) is 11.1 Å². The first-order chi connectivity index (χ1) is 10.8. The molecule has 24 heavy (non-hydrogen) atoms. The van der Waals surface area contributed by atoms with E-state index in [4.69, 9.17) is 0 Å². The first-order valence-electron chi connectivity index (χ1n) is 8.18. The standard InChI is InChI=1S/C13H9.C5H5.C2H7Si.2ClH.Ti/c1-3-7-12-10(5-1)9-11-6-2-4-8-13(11)12;1-2-4-5-3-1;1-3-2;;;/h1-9H;1-3H,4H2;3H,1-2H3;2*1H;/q;;;;;+2/p-2. The van der Waals surface area contributed by atoms with Crippen LogP contribution in [0.3, 0.4) is 0 Å². The van der Waals surface area contributed by atoms with Gasteiger partial charge in [0, 0.05) is 0 Å². The predicted molar refractivity (Wildman–Crippen MR) is 94.4 cm³/mol. The molecule has 0 atom stereocenters. The summed E-state index contributed by atoms with van der Waals surface area (Å²) in [6.45, 7) is 4.51. The van der Waals surface area contributed by atoms with Crippen molar-refractivity contribution in [1.29, 1.82) is 0 Å². The summed E-state index contributed by atoms with van der Waals surface area (Å²) in [5, 5.41) is 0. The van der Waals surface area contributed by atoms with Gasteiger partial charge in [0.2, 0.25) is 0 Å². The first kappa shape index (κ1) is 19.8. The van der Waals surface area contributed by atoms with Crippen molar-refractivity contribution in [3.8, 4) is 11.1 Å². The molecule has 0 aromatic heterocycles. The molecule has 0 N–H and O–H groups in total. The number of halogens is 2. The Labute approximate surface area is 164 Å². The van der Waals surface area contributed by atoms with Gasteiger partial charge >= 0.3 is 140 Å². The fourth-order valence-electron chi connectivity index (χ4n) is 4.04. The molecule has 0 radical (unpaired) electrons. The fourth-order valence-corrected chi connectivity index (χ4v) is 17.8. The van der Waals surface area contributed by atoms with Gasteiger partial charge in [0.05, 0.1) is 0 Å². The molecule has 0 unspecified atom stereocenters. The Kier molecular flexibility index (Phi) is 6.75. The second kappa shape index (κ2) is 8.21. The summed E-state index contributed by atoms with van der Waals surface area (Å²) in [5.74, 6) is 0. The molecule has 2 aromatic rings. The second-order valence-electron chi connectivity index (χ2n) is 6.54. The molecule has 123 valence electrons. The zero-order valence-electron chi connectivity index (χ0n) is 14.0. The van der Waals surface area contributed by atoms with E-state index in [1.165, 1.54) is 17.5 Å². The average molecular weight is 408 g/mol. The molecule has 2 aliphatic carbocycles. The third-order valence-electron chi connectivity index (χ3n) is 4.91. The maximum atomic E-state index is 2.58. The first-order valence-corrected chi connectivity index (χ1v) is 15.5. The van der Waals surface area contributed by atoms with E-state index in [0.29, 0.717) is 0 Å². The van der Waals surface area contributed by atoms with E-state index >= 15 is 0 Å². The number of rotatable bonds is 3. The molecule has 0 aliphatic heterocycles. The van der Waals surface area contributed by atoms with Crippen LogP contribution in [0, 0.1) is 0 Å². The minimum Gasteiger partial charge on any atom is -1.00 e. The summed E-state index contributed by atoms with van der Waals surface area (Å²) in [5.41, 5.74) is 6.23. The number of hydrogen-bond donors (Lipinski definition) is 0. The Bertz CT molecular complexity index is 737. The number of allylic oxidation sites excluding steroid dienone is 4. The van der Waals surface area contributed by atoms with Crippen molar-refractivity contribution in [2.75, 3.05) is 0 Å². The van der Waals surface area contributed by atoms with E-state index < -0.39 is 23.8 Å². The van der Waals surface area contributed by atoms with Crippen LogP contribution in [0.25, 0.3) is 11.1 Å². The molecule has 0 spiro atoms. The Morgan fingerprint density at radius 3 is 1.88 bits per heavy atom. The van der Waals surface area contributed by atoms with Crippen molar-refractivity contribution in [3.05, 3.63) is 81.8 Å². The number of benzene rings is 2. The topological polar surface area (TPSA) is 0 Å². The predicted octanol–water partition coefficient (Wildman–Crippen LogP) is -0.790. The number of fused-ring (bicyclic) bond motifs is 3. The van der Waals surface area contributed by atoms with Crippen LogP contribution in [0.15, 0.2) is 70.6 Å². The molecular formula is C20H21Cl2SiTi. The van der Waals surface area contributed by atoms with Gasteiger partial charge in [0.15, 0.2) is 0 Å². The van der Waals surface area contributed by atoms with Crippen molar-refractivity contribution >= 4 is 6.66 Å². The number of hydrogen-bond acceptors (Lipinski definition) is 0. The molecule has 0 heterocycles. The summed E-state index contributed by atoms with van der Waals surface area (Å²) < 4.78 is 2.54. The van der Waals surface area contributed by atoms with E-state index in [1.807, 2.05) is 3.88 Å². The Morgan fingerprint density at radius 2 is 1.42 bits per heavy atom. The van der Waals surface area contributed by atoms with Crippen molar-refractivity contribution in [2.45, 2.75) is 23.7 Å². The summed E-state index contributed by atoms with van der Waals surface area (Å²) in [6, 6.07) is 18.3. The summed E-state index contributed by atoms with van der Waals surface area (Å²) >= 11 is -1.28. The third kappa shape index (κ3) is 3.25. The SMILES string of the molecule is C[SiH](C)[Ti+2]([C]1=CC=CC1)[CH]1c2ccccc2-c2ccccc21.[Cl-].[Cl-]. The van der Waals surface area contributed by atoms with E-state index in [0.717, 1.165) is 4.22 Å². The van der Waals surface area contributed by atoms with Crippen molar-refractivity contribution in [3.63, 3.8) is 0 Å². The minimum atomic E-state index is -1.28. The van der Waals surface area contributed by atoms with Crippen LogP contribution >= 0.6 is 0 Å². The van der Waals surface area contributed by atoms with Gasteiger partial charge in [0.25, 0.3) is 0 Å². The van der Waals surface area contributed by atoms with Crippen LogP contribution in [0.4, 0.5) is 0 Å². The van der Waals surface area contributed by atoms with Gasteiger partial charge < -0.3 is 24.8 Å². The second-order valence-corrected chi connectivity index (χ2v) is 20.2. The average Bonchev–Trinajstić information content (AvgIpc) is 3.16. The van der Waals surface area contributed by atoms with Crippen molar-refractivity contribution < 1.29 is 41.9 Å². The normalized spacial score (nSPS) is 14.5. The van der Waals surface area contributed by atoms with Gasteiger partial charge in [-0.3, -0.25) is 0 Å². The van der Waals surface area contributed by atoms with Crippen LogP contribution in [-0.2, 0) is 17.1 Å². The van der Waals surface area contributed by atoms with E-state index in [9.17, 15) is 0 Å². The molecule has 0 amide bonds. The van der Waals surface area contributed by atoms with Crippen LogP contribution in [0.5, 0.6) is 0 Å². The summed E-state index contributed by atoms with van der Waals surface area (Å²) in [7, 11) is 0. The quantitative estimate of drug-likeness (QED) is 0.585. The van der Waals surface area contributed by atoms with Gasteiger partial charge in [0.1, 0.15) is 0 Å². The minimum absolute atomic E-state index is 0. The monoisotopic (exact) mass is 407 g/mol. The summed E-state index contributed by atoms with van der Waals surface area (Å²) in [4.78, 5) is 0. The summed E-state index contributed by atoms with van der Waals surface area (Å²) in [6.07, 6.45) is 8.31. The maximum absolute atomic E-state index is 2.58. The maximum Gasteiger partial charge on any atom is -1.00 e. The molecule has 0 nitrogen and oxygen atoms in total. The van der Waals surface area contributed by atoms with Crippen molar-refractivity contribution in [1.82, 2.24) is 0 Å². The van der Waals surface area contributed by atoms with Crippen molar-refractivity contribution in [2.24, 2.45) is 0 Å². The molecule has 2 aliphatic rings. The Hall–Kier alpha value is -0.569. The third-order valence-corrected chi connectivity index (χ3v) is 18.6. The molecule has 0 bridgehead atoms. The zero-order chi connectivity index (χ0) is 15.1. The largest absolute Gasteiger partial charge is 1.00 e.